The maximum absolute atomic E-state index is 12.3. The topological polar surface area (TPSA) is 72.0 Å². The first-order chi connectivity index (χ1) is 11.0. The molecule has 0 atom stereocenters. The molecule has 1 amide bonds. The summed E-state index contributed by atoms with van der Waals surface area (Å²) in [6.07, 6.45) is 0.830. The van der Waals surface area contributed by atoms with Crippen LogP contribution >= 0.6 is 22.7 Å². The van der Waals surface area contributed by atoms with Gasteiger partial charge in [0.25, 0.3) is 5.91 Å². The van der Waals surface area contributed by atoms with Crippen LogP contribution in [-0.4, -0.2) is 16.1 Å². The van der Waals surface area contributed by atoms with Crippen LogP contribution in [-0.2, 0) is 6.42 Å². The van der Waals surface area contributed by atoms with Crippen LogP contribution in [0.25, 0.3) is 10.8 Å². The fourth-order valence-corrected chi connectivity index (χ4v) is 3.91. The molecule has 0 saturated carbocycles. The van der Waals surface area contributed by atoms with Crippen LogP contribution in [0.5, 0.6) is 0 Å². The predicted octanol–water partition coefficient (Wildman–Crippen LogP) is 3.56. The lowest BCUT2D eigenvalue weighted by Crippen LogP contribution is -2.12. The third-order valence-corrected chi connectivity index (χ3v) is 4.95. The van der Waals surface area contributed by atoms with Gasteiger partial charge in [-0.3, -0.25) is 14.9 Å². The molecule has 118 valence electrons. The minimum absolute atomic E-state index is 0.119. The second-order valence-electron chi connectivity index (χ2n) is 5.54. The van der Waals surface area contributed by atoms with Crippen LogP contribution < -0.4 is 10.1 Å². The van der Waals surface area contributed by atoms with Gasteiger partial charge in [-0.25, -0.2) is 0 Å². The number of amides is 1. The van der Waals surface area contributed by atoms with Gasteiger partial charge >= 0.3 is 0 Å². The molecule has 23 heavy (non-hydrogen) atoms. The van der Waals surface area contributed by atoms with Crippen molar-refractivity contribution in [2.45, 2.75) is 20.3 Å². The molecule has 0 aliphatic carbocycles. The number of hydrogen-bond acceptors (Lipinski definition) is 6. The molecule has 0 aliphatic heterocycles. The Labute approximate surface area is 141 Å². The van der Waals surface area contributed by atoms with Gasteiger partial charge in [-0.05, 0) is 23.4 Å². The summed E-state index contributed by atoms with van der Waals surface area (Å²) in [4.78, 5) is 24.8. The lowest BCUT2D eigenvalue weighted by molar-refractivity contribution is 0.103. The zero-order valence-corrected chi connectivity index (χ0v) is 14.3. The number of aromatic nitrogens is 2. The molecule has 0 aliphatic rings. The van der Waals surface area contributed by atoms with Crippen molar-refractivity contribution >= 4 is 44.5 Å². The third-order valence-electron chi connectivity index (χ3n) is 3.16. The normalized spacial score (nSPS) is 11.1. The summed E-state index contributed by atoms with van der Waals surface area (Å²) < 4.78 is -0.119. The second-order valence-corrected chi connectivity index (χ2v) is 7.62. The summed E-state index contributed by atoms with van der Waals surface area (Å²) in [5.74, 6) is 0.155. The number of anilines is 1. The van der Waals surface area contributed by atoms with Crippen molar-refractivity contribution in [3.63, 3.8) is 0 Å². The van der Waals surface area contributed by atoms with Crippen LogP contribution in [0.15, 0.2) is 35.1 Å². The first kappa shape index (κ1) is 15.8. The van der Waals surface area contributed by atoms with Crippen molar-refractivity contribution in [2.24, 2.45) is 5.92 Å². The number of fused-ring (bicyclic) bond motifs is 1. The molecule has 0 spiro atoms. The van der Waals surface area contributed by atoms with Crippen molar-refractivity contribution < 1.29 is 4.79 Å². The maximum Gasteiger partial charge on any atom is 0.267 e. The summed E-state index contributed by atoms with van der Waals surface area (Å²) in [5.41, 5.74) is 0. The Hall–Kier alpha value is -2.12. The Morgan fingerprint density at radius 3 is 2.78 bits per heavy atom. The average Bonchev–Trinajstić information content (AvgIpc) is 2.93. The highest BCUT2D eigenvalue weighted by atomic mass is 32.1. The number of hydrogen-bond donors (Lipinski definition) is 1. The molecule has 7 heteroatoms. The van der Waals surface area contributed by atoms with Gasteiger partial charge in [0.05, 0.1) is 4.88 Å². The summed E-state index contributed by atoms with van der Waals surface area (Å²) >= 11 is 2.30. The molecule has 5 nitrogen and oxygen atoms in total. The van der Waals surface area contributed by atoms with Crippen LogP contribution in [0.2, 0.25) is 0 Å². The standard InChI is InChI=1S/C16H15N3O2S2/c1-9(2)7-13-18-19-16(23-13)17-14(20)12-8-10-5-3-4-6-11(10)15(21)22-12/h3-6,8-9H,7H2,1-2H3,(H,17,19,20). The molecule has 1 N–H and O–H groups in total. The monoisotopic (exact) mass is 345 g/mol. The molecule has 0 bridgehead atoms. The quantitative estimate of drug-likeness (QED) is 0.785. The molecule has 2 aromatic heterocycles. The molecule has 1 aromatic carbocycles. The highest BCUT2D eigenvalue weighted by Crippen LogP contribution is 2.20. The van der Waals surface area contributed by atoms with Gasteiger partial charge in [0.15, 0.2) is 0 Å². The van der Waals surface area contributed by atoms with E-state index >= 15 is 0 Å². The maximum atomic E-state index is 12.3. The van der Waals surface area contributed by atoms with E-state index in [-0.39, 0.29) is 10.6 Å². The summed E-state index contributed by atoms with van der Waals surface area (Å²) in [6.45, 7) is 4.21. The number of nitrogens with zero attached hydrogens (tertiary/aromatic N) is 2. The molecule has 0 fully saturated rings. The zero-order valence-electron chi connectivity index (χ0n) is 12.7. The number of carbonyl (C=O) groups excluding carboxylic acids is 1. The lowest BCUT2D eigenvalue weighted by Gasteiger charge is -2.02. The Kier molecular flexibility index (Phi) is 4.49. The van der Waals surface area contributed by atoms with E-state index in [1.54, 1.807) is 12.1 Å². The van der Waals surface area contributed by atoms with Crippen molar-refractivity contribution in [1.82, 2.24) is 10.2 Å². The first-order valence-corrected chi connectivity index (χ1v) is 8.83. The van der Waals surface area contributed by atoms with Crippen molar-refractivity contribution in [3.05, 3.63) is 49.8 Å². The van der Waals surface area contributed by atoms with Gasteiger partial charge in [-0.15, -0.1) is 10.2 Å². The molecular weight excluding hydrogens is 330 g/mol. The smallest absolute Gasteiger partial charge is 0.267 e. The van der Waals surface area contributed by atoms with E-state index in [1.807, 2.05) is 18.2 Å². The van der Waals surface area contributed by atoms with Gasteiger partial charge < -0.3 is 0 Å². The Morgan fingerprint density at radius 2 is 2.00 bits per heavy atom. The van der Waals surface area contributed by atoms with E-state index in [2.05, 4.69) is 29.4 Å². The van der Waals surface area contributed by atoms with Crippen molar-refractivity contribution in [1.29, 1.82) is 0 Å². The molecular formula is C16H15N3O2S2. The fraction of sp³-hybridized carbons (Fsp3) is 0.250. The Bertz CT molecular complexity index is 915. The predicted molar refractivity (Wildman–Crippen MR) is 94.5 cm³/mol. The van der Waals surface area contributed by atoms with E-state index in [9.17, 15) is 9.59 Å². The van der Waals surface area contributed by atoms with Crippen LogP contribution in [0.4, 0.5) is 5.13 Å². The largest absolute Gasteiger partial charge is 0.296 e. The van der Waals surface area contributed by atoms with E-state index in [0.29, 0.717) is 21.3 Å². The van der Waals surface area contributed by atoms with Gasteiger partial charge in [0.2, 0.25) is 9.87 Å². The molecule has 3 rings (SSSR count). The third kappa shape index (κ3) is 3.62. The fourth-order valence-electron chi connectivity index (χ4n) is 2.14. The molecule has 0 radical (unpaired) electrons. The number of benzene rings is 1. The number of nitrogens with one attached hydrogen (secondary N) is 1. The van der Waals surface area contributed by atoms with Crippen molar-refractivity contribution in [3.8, 4) is 0 Å². The SMILES string of the molecule is CC(C)Cc1nnc(NC(=O)c2cc3ccccc3c(=O)s2)s1. The van der Waals surface area contributed by atoms with Gasteiger partial charge in [-0.2, -0.15) is 0 Å². The van der Waals surface area contributed by atoms with Crippen molar-refractivity contribution in [2.75, 3.05) is 5.32 Å². The lowest BCUT2D eigenvalue weighted by atomic mass is 10.1. The molecule has 0 saturated heterocycles. The molecule has 2 heterocycles. The average molecular weight is 345 g/mol. The van der Waals surface area contributed by atoms with Crippen LogP contribution in [0, 0.1) is 5.92 Å². The van der Waals surface area contributed by atoms with Gasteiger partial charge in [0.1, 0.15) is 5.01 Å². The van der Waals surface area contributed by atoms with E-state index in [4.69, 9.17) is 0 Å². The van der Waals surface area contributed by atoms with Crippen LogP contribution in [0.1, 0.15) is 28.5 Å². The van der Waals surface area contributed by atoms with E-state index < -0.39 is 0 Å². The highest BCUT2D eigenvalue weighted by Gasteiger charge is 2.13. The van der Waals surface area contributed by atoms with Gasteiger partial charge in [0, 0.05) is 11.8 Å². The summed E-state index contributed by atoms with van der Waals surface area (Å²) in [5, 5.41) is 13.5. The van der Waals surface area contributed by atoms with E-state index in [1.165, 1.54) is 11.3 Å². The molecule has 3 aromatic rings. The Balaban J connectivity index is 1.83. The van der Waals surface area contributed by atoms with Gasteiger partial charge in [-0.1, -0.05) is 54.7 Å². The minimum atomic E-state index is -0.329. The first-order valence-electron chi connectivity index (χ1n) is 7.19. The zero-order chi connectivity index (χ0) is 16.4. The van der Waals surface area contributed by atoms with Crippen LogP contribution in [0.3, 0.4) is 0 Å². The second kappa shape index (κ2) is 6.55. The minimum Gasteiger partial charge on any atom is -0.296 e. The number of rotatable bonds is 4. The molecule has 0 unspecified atom stereocenters. The summed E-state index contributed by atoms with van der Waals surface area (Å²) in [6, 6.07) is 8.97. The highest BCUT2D eigenvalue weighted by molar-refractivity contribution is 7.15. The summed E-state index contributed by atoms with van der Waals surface area (Å²) in [7, 11) is 0. The van der Waals surface area contributed by atoms with E-state index in [0.717, 1.165) is 28.2 Å². The number of carbonyl (C=O) groups is 1. The Morgan fingerprint density at radius 1 is 1.22 bits per heavy atom.